The molecule has 2 aromatic rings. The van der Waals surface area contributed by atoms with Gasteiger partial charge in [-0.25, -0.2) is 9.37 Å². The number of hydrogen-bond donors (Lipinski definition) is 3. The van der Waals surface area contributed by atoms with Gasteiger partial charge >= 0.3 is 5.97 Å². The molecule has 1 aromatic heterocycles. The highest BCUT2D eigenvalue weighted by Gasteiger charge is 2.37. The molecule has 2 aliphatic rings. The molecule has 4 rings (SSSR count). The zero-order valence-electron chi connectivity index (χ0n) is 19.2. The molecule has 1 aliphatic heterocycles. The van der Waals surface area contributed by atoms with Crippen LogP contribution >= 0.6 is 0 Å². The fraction of sp³-hybridized carbons (Fsp3) is 0.440. The number of aromatic nitrogens is 1. The summed E-state index contributed by atoms with van der Waals surface area (Å²) in [6.45, 7) is 4.19. The van der Waals surface area contributed by atoms with Crippen molar-refractivity contribution in [1.82, 2.24) is 9.88 Å². The van der Waals surface area contributed by atoms with Crippen LogP contribution in [0.2, 0.25) is 0 Å². The number of aromatic hydroxyl groups is 1. The summed E-state index contributed by atoms with van der Waals surface area (Å²) in [6, 6.07) is 4.98. The van der Waals surface area contributed by atoms with E-state index in [-0.39, 0.29) is 48.8 Å². The first-order valence-electron chi connectivity index (χ1n) is 11.4. The lowest BCUT2D eigenvalue weighted by atomic mass is 9.86. The molecule has 0 saturated heterocycles. The lowest BCUT2D eigenvalue weighted by molar-refractivity contribution is -0.140. The lowest BCUT2D eigenvalue weighted by Crippen LogP contribution is -2.45. The van der Waals surface area contributed by atoms with Crippen LogP contribution < -0.4 is 5.32 Å². The SMILES string of the molecule is CC1(C)CCc2cc(NC(=O)C3c4ccc(O)nc4CCN3C(=O)CCCC(=O)O)cc(F)c21. The van der Waals surface area contributed by atoms with Crippen LogP contribution in [0, 0.1) is 5.82 Å². The number of carbonyl (C=O) groups excluding carboxylic acids is 2. The minimum Gasteiger partial charge on any atom is -0.493 e. The Morgan fingerprint density at radius 2 is 1.97 bits per heavy atom. The van der Waals surface area contributed by atoms with Gasteiger partial charge in [-0.1, -0.05) is 13.8 Å². The molecule has 9 heteroatoms. The third-order valence-electron chi connectivity index (χ3n) is 6.68. The molecule has 3 N–H and O–H groups in total. The second-order valence-electron chi connectivity index (χ2n) is 9.56. The van der Waals surface area contributed by atoms with Crippen LogP contribution in [0.5, 0.6) is 5.88 Å². The van der Waals surface area contributed by atoms with E-state index < -0.39 is 17.9 Å². The average Bonchev–Trinajstić information content (AvgIpc) is 3.07. The summed E-state index contributed by atoms with van der Waals surface area (Å²) in [4.78, 5) is 42.7. The molecule has 0 fully saturated rings. The zero-order valence-corrected chi connectivity index (χ0v) is 19.2. The second-order valence-corrected chi connectivity index (χ2v) is 9.56. The zero-order chi connectivity index (χ0) is 24.6. The number of amides is 2. The van der Waals surface area contributed by atoms with Crippen molar-refractivity contribution >= 4 is 23.5 Å². The van der Waals surface area contributed by atoms with Crippen LogP contribution in [-0.2, 0) is 32.6 Å². The maximum absolute atomic E-state index is 14.9. The highest BCUT2D eigenvalue weighted by atomic mass is 19.1. The summed E-state index contributed by atoms with van der Waals surface area (Å²) in [6.07, 6.45) is 1.88. The van der Waals surface area contributed by atoms with Gasteiger partial charge < -0.3 is 20.4 Å². The number of hydrogen-bond acceptors (Lipinski definition) is 5. The minimum atomic E-state index is -1.03. The van der Waals surface area contributed by atoms with Crippen molar-refractivity contribution in [2.24, 2.45) is 0 Å². The Hall–Kier alpha value is -3.49. The molecule has 180 valence electrons. The Balaban J connectivity index is 1.62. The van der Waals surface area contributed by atoms with E-state index in [1.165, 1.54) is 17.0 Å². The van der Waals surface area contributed by atoms with Crippen LogP contribution in [0.3, 0.4) is 0 Å². The molecule has 1 atom stereocenters. The topological polar surface area (TPSA) is 120 Å². The smallest absolute Gasteiger partial charge is 0.303 e. The molecule has 1 aromatic carbocycles. The molecular formula is C25H28FN3O5. The average molecular weight is 470 g/mol. The standard InChI is InChI=1S/C25H28FN3O5/c1-25(2)10-8-14-12-15(13-17(26)22(14)25)27-24(34)23-16-6-7-19(30)28-18(16)9-11-29(23)20(31)4-3-5-21(32)33/h6-7,12-13,23H,3-5,8-11H2,1-2H3,(H,27,34)(H,28,30)(H,32,33). The number of aryl methyl sites for hydroxylation is 1. The Labute approximate surface area is 196 Å². The van der Waals surface area contributed by atoms with Gasteiger partial charge in [0.25, 0.3) is 5.91 Å². The van der Waals surface area contributed by atoms with Gasteiger partial charge in [0.05, 0.1) is 5.69 Å². The minimum absolute atomic E-state index is 0.0144. The first-order valence-corrected chi connectivity index (χ1v) is 11.4. The van der Waals surface area contributed by atoms with Crippen LogP contribution in [0.4, 0.5) is 10.1 Å². The van der Waals surface area contributed by atoms with Gasteiger partial charge in [0.2, 0.25) is 11.8 Å². The van der Waals surface area contributed by atoms with Gasteiger partial charge in [-0.2, -0.15) is 0 Å². The number of benzene rings is 1. The van der Waals surface area contributed by atoms with E-state index in [1.54, 1.807) is 12.1 Å². The largest absolute Gasteiger partial charge is 0.493 e. The number of nitrogens with one attached hydrogen (secondary N) is 1. The molecule has 1 unspecified atom stereocenters. The van der Waals surface area contributed by atoms with Crippen molar-refractivity contribution < 1.29 is 29.0 Å². The van der Waals surface area contributed by atoms with Gasteiger partial charge in [-0.05, 0) is 54.0 Å². The molecule has 0 saturated carbocycles. The van der Waals surface area contributed by atoms with E-state index in [2.05, 4.69) is 10.3 Å². The molecule has 34 heavy (non-hydrogen) atoms. The van der Waals surface area contributed by atoms with E-state index in [4.69, 9.17) is 5.11 Å². The van der Waals surface area contributed by atoms with Crippen LogP contribution in [0.1, 0.15) is 68.0 Å². The fourth-order valence-electron chi connectivity index (χ4n) is 5.03. The number of halogens is 1. The van der Waals surface area contributed by atoms with Crippen molar-refractivity contribution in [2.45, 2.75) is 63.8 Å². The van der Waals surface area contributed by atoms with Crippen molar-refractivity contribution in [3.63, 3.8) is 0 Å². The molecule has 8 nitrogen and oxygen atoms in total. The van der Waals surface area contributed by atoms with E-state index in [0.29, 0.717) is 35.3 Å². The van der Waals surface area contributed by atoms with Crippen LogP contribution in [0.25, 0.3) is 0 Å². The van der Waals surface area contributed by atoms with Gasteiger partial charge in [-0.3, -0.25) is 14.4 Å². The maximum Gasteiger partial charge on any atom is 0.303 e. The molecule has 0 radical (unpaired) electrons. The number of carbonyl (C=O) groups is 3. The summed E-state index contributed by atoms with van der Waals surface area (Å²) in [5, 5.41) is 21.4. The number of aliphatic carboxylic acids is 1. The highest BCUT2D eigenvalue weighted by Crippen LogP contribution is 2.41. The van der Waals surface area contributed by atoms with Crippen LogP contribution in [-0.4, -0.2) is 44.4 Å². The number of carboxylic acid groups (broad SMARTS) is 1. The van der Waals surface area contributed by atoms with Gasteiger partial charge in [0.1, 0.15) is 11.9 Å². The first-order chi connectivity index (χ1) is 16.1. The summed E-state index contributed by atoms with van der Waals surface area (Å²) >= 11 is 0. The van der Waals surface area contributed by atoms with Crippen LogP contribution in [0.15, 0.2) is 24.3 Å². The Morgan fingerprint density at radius 1 is 1.21 bits per heavy atom. The van der Waals surface area contributed by atoms with E-state index in [9.17, 15) is 23.9 Å². The van der Waals surface area contributed by atoms with Crippen molar-refractivity contribution in [3.8, 4) is 5.88 Å². The Morgan fingerprint density at radius 3 is 2.71 bits per heavy atom. The molecule has 0 bridgehead atoms. The maximum atomic E-state index is 14.9. The van der Waals surface area contributed by atoms with Crippen molar-refractivity contribution in [2.75, 3.05) is 11.9 Å². The molecular weight excluding hydrogens is 441 g/mol. The summed E-state index contributed by atoms with van der Waals surface area (Å²) in [5.74, 6) is -2.40. The Kier molecular flexibility index (Phi) is 6.29. The quantitative estimate of drug-likeness (QED) is 0.596. The number of carboxylic acids is 1. The summed E-state index contributed by atoms with van der Waals surface area (Å²) in [7, 11) is 0. The van der Waals surface area contributed by atoms with Gasteiger partial charge in [0.15, 0.2) is 0 Å². The highest BCUT2D eigenvalue weighted by molar-refractivity contribution is 5.98. The summed E-state index contributed by atoms with van der Waals surface area (Å²) in [5.41, 5.74) is 2.57. The third-order valence-corrected chi connectivity index (χ3v) is 6.68. The third kappa shape index (κ3) is 4.60. The van der Waals surface area contributed by atoms with Crippen molar-refractivity contribution in [1.29, 1.82) is 0 Å². The number of pyridine rings is 1. The number of rotatable bonds is 6. The molecule has 0 spiro atoms. The normalized spacial score (nSPS) is 18.2. The molecule has 2 amide bonds. The van der Waals surface area contributed by atoms with E-state index in [1.807, 2.05) is 13.8 Å². The number of anilines is 1. The van der Waals surface area contributed by atoms with Crippen molar-refractivity contribution in [3.05, 3.63) is 52.5 Å². The number of fused-ring (bicyclic) bond motifs is 2. The monoisotopic (exact) mass is 469 g/mol. The summed E-state index contributed by atoms with van der Waals surface area (Å²) < 4.78 is 14.9. The fourth-order valence-corrected chi connectivity index (χ4v) is 5.03. The van der Waals surface area contributed by atoms with Gasteiger partial charge in [-0.15, -0.1) is 0 Å². The number of nitrogens with zero attached hydrogens (tertiary/aromatic N) is 2. The predicted octanol–water partition coefficient (Wildman–Crippen LogP) is 3.47. The van der Waals surface area contributed by atoms with Gasteiger partial charge in [0, 0.05) is 43.1 Å². The Bertz CT molecular complexity index is 1160. The van der Waals surface area contributed by atoms with E-state index >= 15 is 0 Å². The lowest BCUT2D eigenvalue weighted by Gasteiger charge is -2.36. The molecule has 2 heterocycles. The molecule has 1 aliphatic carbocycles. The second kappa shape index (κ2) is 9.04. The first kappa shape index (κ1) is 23.7. The van der Waals surface area contributed by atoms with E-state index in [0.717, 1.165) is 12.0 Å². The predicted molar refractivity (Wildman–Crippen MR) is 122 cm³/mol.